The third-order valence-corrected chi connectivity index (χ3v) is 4.73. The molecule has 0 saturated carbocycles. The predicted molar refractivity (Wildman–Crippen MR) is 110 cm³/mol. The van der Waals surface area contributed by atoms with Crippen molar-refractivity contribution in [3.05, 3.63) is 30.1 Å². The van der Waals surface area contributed by atoms with Gasteiger partial charge in [0.25, 0.3) is 0 Å². The number of ether oxygens (including phenoxy) is 1. The van der Waals surface area contributed by atoms with E-state index in [9.17, 15) is 4.39 Å². The van der Waals surface area contributed by atoms with Crippen LogP contribution in [0.3, 0.4) is 0 Å². The maximum atomic E-state index is 13.6. The Bertz CT molecular complexity index is 512. The Hall–Kier alpha value is -0.540. The Morgan fingerprint density at radius 1 is 1.46 bits per heavy atom. The fraction of sp³-hybridized carbons (Fsp3) is 0.588. The molecule has 1 N–H and O–H groups in total. The third-order valence-electron chi connectivity index (χ3n) is 3.70. The molecule has 7 heteroatoms. The van der Waals surface area contributed by atoms with Crippen molar-refractivity contribution in [2.75, 3.05) is 45.6 Å². The van der Waals surface area contributed by atoms with Crippen molar-refractivity contribution in [2.24, 2.45) is 10.9 Å². The zero-order valence-electron chi connectivity index (χ0n) is 14.3. The zero-order valence-corrected chi connectivity index (χ0v) is 17.5. The maximum Gasteiger partial charge on any atom is 0.193 e. The van der Waals surface area contributed by atoms with E-state index in [4.69, 9.17) is 4.74 Å². The molecule has 0 spiro atoms. The molecule has 24 heavy (non-hydrogen) atoms. The van der Waals surface area contributed by atoms with Crippen molar-refractivity contribution in [2.45, 2.75) is 18.2 Å². The Balaban J connectivity index is 0.00000288. The minimum absolute atomic E-state index is 0. The molecule has 1 aromatic carbocycles. The number of nitrogens with zero attached hydrogens (tertiary/aromatic N) is 2. The molecule has 1 heterocycles. The van der Waals surface area contributed by atoms with Gasteiger partial charge in [0.1, 0.15) is 5.82 Å². The first-order valence-electron chi connectivity index (χ1n) is 8.15. The highest BCUT2D eigenvalue weighted by Gasteiger charge is 2.18. The highest BCUT2D eigenvalue weighted by Crippen LogP contribution is 2.20. The Kier molecular flexibility index (Phi) is 10.7. The van der Waals surface area contributed by atoms with Crippen molar-refractivity contribution < 1.29 is 9.13 Å². The standard InChI is InChI=1S/C17H26FN3OS.HI/c1-3-19-17(21(2)12-14-8-10-22-13-14)20-9-11-23-16-7-5-4-6-15(16)18;/h4-7,14H,3,8-13H2,1-2H3,(H,19,20);1H. The summed E-state index contributed by atoms with van der Waals surface area (Å²) >= 11 is 1.50. The van der Waals surface area contributed by atoms with E-state index < -0.39 is 0 Å². The van der Waals surface area contributed by atoms with Gasteiger partial charge in [-0.1, -0.05) is 12.1 Å². The Morgan fingerprint density at radius 3 is 2.92 bits per heavy atom. The predicted octanol–water partition coefficient (Wildman–Crippen LogP) is 3.47. The van der Waals surface area contributed by atoms with Gasteiger partial charge in [-0.05, 0) is 25.5 Å². The molecule has 1 aliphatic rings. The molecule has 1 aliphatic heterocycles. The van der Waals surface area contributed by atoms with Crippen LogP contribution in [0.15, 0.2) is 34.2 Å². The van der Waals surface area contributed by atoms with Gasteiger partial charge in [-0.15, -0.1) is 35.7 Å². The largest absolute Gasteiger partial charge is 0.381 e. The van der Waals surface area contributed by atoms with Gasteiger partial charge in [0, 0.05) is 43.3 Å². The summed E-state index contributed by atoms with van der Waals surface area (Å²) in [5.74, 6) is 2.09. The highest BCUT2D eigenvalue weighted by atomic mass is 127. The molecular weight excluding hydrogens is 440 g/mol. The van der Waals surface area contributed by atoms with Gasteiger partial charge < -0.3 is 15.0 Å². The Labute approximate surface area is 165 Å². The monoisotopic (exact) mass is 467 g/mol. The topological polar surface area (TPSA) is 36.9 Å². The summed E-state index contributed by atoms with van der Waals surface area (Å²) in [5, 5.41) is 3.32. The molecular formula is C17H27FIN3OS. The molecule has 0 radical (unpaired) electrons. The maximum absolute atomic E-state index is 13.6. The lowest BCUT2D eigenvalue weighted by atomic mass is 10.1. The zero-order chi connectivity index (χ0) is 16.5. The van der Waals surface area contributed by atoms with E-state index in [0.29, 0.717) is 17.4 Å². The lowest BCUT2D eigenvalue weighted by Gasteiger charge is -2.24. The SMILES string of the molecule is CCNC(=NCCSc1ccccc1F)N(C)CC1CCOC1.I. The van der Waals surface area contributed by atoms with Crippen molar-refractivity contribution in [1.82, 2.24) is 10.2 Å². The fourth-order valence-electron chi connectivity index (χ4n) is 2.54. The summed E-state index contributed by atoms with van der Waals surface area (Å²) in [4.78, 5) is 7.50. The summed E-state index contributed by atoms with van der Waals surface area (Å²) in [6.45, 7) is 6.22. The number of hydrogen-bond acceptors (Lipinski definition) is 3. The second-order valence-electron chi connectivity index (χ2n) is 5.62. The molecule has 1 unspecified atom stereocenters. The van der Waals surface area contributed by atoms with Crippen LogP contribution in [0.1, 0.15) is 13.3 Å². The summed E-state index contributed by atoms with van der Waals surface area (Å²) in [7, 11) is 2.06. The number of rotatable bonds is 7. The van der Waals surface area contributed by atoms with Gasteiger partial charge in [-0.3, -0.25) is 4.99 Å². The van der Waals surface area contributed by atoms with E-state index in [0.717, 1.165) is 44.4 Å². The van der Waals surface area contributed by atoms with Gasteiger partial charge in [-0.25, -0.2) is 4.39 Å². The first-order valence-corrected chi connectivity index (χ1v) is 9.13. The molecule has 136 valence electrons. The van der Waals surface area contributed by atoms with Crippen LogP contribution in [0.2, 0.25) is 0 Å². The number of nitrogens with one attached hydrogen (secondary N) is 1. The lowest BCUT2D eigenvalue weighted by molar-refractivity contribution is 0.181. The third kappa shape index (κ3) is 7.14. The molecule has 4 nitrogen and oxygen atoms in total. The number of benzene rings is 1. The van der Waals surface area contributed by atoms with Crippen LogP contribution in [0, 0.1) is 11.7 Å². The number of thioether (sulfide) groups is 1. The van der Waals surface area contributed by atoms with E-state index in [1.54, 1.807) is 12.1 Å². The van der Waals surface area contributed by atoms with Gasteiger partial charge in [-0.2, -0.15) is 0 Å². The van der Waals surface area contributed by atoms with Crippen LogP contribution in [0.4, 0.5) is 4.39 Å². The second kappa shape index (κ2) is 11.9. The molecule has 1 aromatic rings. The molecule has 1 atom stereocenters. The van der Waals surface area contributed by atoms with Gasteiger partial charge in [0.15, 0.2) is 5.96 Å². The minimum Gasteiger partial charge on any atom is -0.381 e. The van der Waals surface area contributed by atoms with Crippen molar-refractivity contribution in [3.63, 3.8) is 0 Å². The Morgan fingerprint density at radius 2 is 2.25 bits per heavy atom. The van der Waals surface area contributed by atoms with E-state index in [2.05, 4.69) is 29.2 Å². The molecule has 0 aromatic heterocycles. The lowest BCUT2D eigenvalue weighted by Crippen LogP contribution is -2.41. The average molecular weight is 467 g/mol. The van der Waals surface area contributed by atoms with Crippen LogP contribution < -0.4 is 5.32 Å². The van der Waals surface area contributed by atoms with Crippen LogP contribution in [0.5, 0.6) is 0 Å². The summed E-state index contributed by atoms with van der Waals surface area (Å²) in [6, 6.07) is 6.87. The van der Waals surface area contributed by atoms with E-state index in [1.807, 2.05) is 6.07 Å². The van der Waals surface area contributed by atoms with E-state index in [1.165, 1.54) is 17.8 Å². The molecule has 1 fully saturated rings. The average Bonchev–Trinajstić information content (AvgIpc) is 3.05. The van der Waals surface area contributed by atoms with Crippen LogP contribution >= 0.6 is 35.7 Å². The number of aliphatic imine (C=N–C) groups is 1. The summed E-state index contributed by atoms with van der Waals surface area (Å²) < 4.78 is 19.0. The number of guanidine groups is 1. The quantitative estimate of drug-likeness (QED) is 0.219. The number of hydrogen-bond donors (Lipinski definition) is 1. The van der Waals surface area contributed by atoms with Crippen molar-refractivity contribution >= 4 is 41.7 Å². The molecule has 0 aliphatic carbocycles. The first kappa shape index (κ1) is 21.5. The molecule has 0 bridgehead atoms. The van der Waals surface area contributed by atoms with Crippen LogP contribution in [-0.2, 0) is 4.74 Å². The molecule has 0 amide bonds. The van der Waals surface area contributed by atoms with Gasteiger partial charge in [0.2, 0.25) is 0 Å². The van der Waals surface area contributed by atoms with Crippen molar-refractivity contribution in [1.29, 1.82) is 0 Å². The smallest absolute Gasteiger partial charge is 0.193 e. The first-order chi connectivity index (χ1) is 11.2. The highest BCUT2D eigenvalue weighted by molar-refractivity contribution is 14.0. The minimum atomic E-state index is -0.160. The molecule has 1 saturated heterocycles. The van der Waals surface area contributed by atoms with E-state index >= 15 is 0 Å². The fourth-order valence-corrected chi connectivity index (χ4v) is 3.32. The van der Waals surface area contributed by atoms with Gasteiger partial charge >= 0.3 is 0 Å². The van der Waals surface area contributed by atoms with Crippen LogP contribution in [-0.4, -0.2) is 56.5 Å². The van der Waals surface area contributed by atoms with Crippen LogP contribution in [0.25, 0.3) is 0 Å². The normalized spacial score (nSPS) is 17.5. The van der Waals surface area contributed by atoms with E-state index in [-0.39, 0.29) is 29.8 Å². The number of halogens is 2. The van der Waals surface area contributed by atoms with Crippen molar-refractivity contribution in [3.8, 4) is 0 Å². The second-order valence-corrected chi connectivity index (χ2v) is 6.76. The summed E-state index contributed by atoms with van der Waals surface area (Å²) in [5.41, 5.74) is 0. The van der Waals surface area contributed by atoms with Gasteiger partial charge in [0.05, 0.1) is 13.2 Å². The molecule has 2 rings (SSSR count). The summed E-state index contributed by atoms with van der Waals surface area (Å²) in [6.07, 6.45) is 1.12.